The van der Waals surface area contributed by atoms with Gasteiger partial charge in [-0.15, -0.1) is 0 Å². The molecule has 0 aromatic heterocycles. The number of aliphatic hydroxyl groups excluding tert-OH is 1. The van der Waals surface area contributed by atoms with E-state index in [9.17, 15) is 4.79 Å². The fourth-order valence-electron chi connectivity index (χ4n) is 2.27. The van der Waals surface area contributed by atoms with Gasteiger partial charge in [0, 0.05) is 13.6 Å². The molecule has 1 atom stereocenters. The molecule has 0 spiro atoms. The van der Waals surface area contributed by atoms with Gasteiger partial charge in [0.05, 0.1) is 19.2 Å². The quantitative estimate of drug-likeness (QED) is 0.759. The van der Waals surface area contributed by atoms with Crippen LogP contribution in [-0.4, -0.2) is 54.1 Å². The molecular weight excluding hydrogens is 264 g/mol. The predicted octanol–water partition coefficient (Wildman–Crippen LogP) is 2.30. The first kappa shape index (κ1) is 17.7. The number of benzene rings is 1. The number of aliphatic hydroxyl groups is 1. The maximum Gasteiger partial charge on any atom is 0.236 e. The monoisotopic (exact) mass is 292 g/mol. The standard InChI is InChI=1S/C17H28N2O2/c1-4-5-11-19(12-13-20)14-17(21)18(3)15(2)16-9-7-6-8-10-16/h6-10,15,20H,4-5,11-14H2,1-3H3. The lowest BCUT2D eigenvalue weighted by atomic mass is 10.1. The first-order valence-corrected chi connectivity index (χ1v) is 7.74. The highest BCUT2D eigenvalue weighted by Gasteiger charge is 2.19. The van der Waals surface area contributed by atoms with Crippen LogP contribution >= 0.6 is 0 Å². The van der Waals surface area contributed by atoms with Crippen molar-refractivity contribution in [3.63, 3.8) is 0 Å². The van der Waals surface area contributed by atoms with Gasteiger partial charge in [-0.2, -0.15) is 0 Å². The summed E-state index contributed by atoms with van der Waals surface area (Å²) in [5, 5.41) is 9.11. The van der Waals surface area contributed by atoms with E-state index in [0.29, 0.717) is 13.1 Å². The largest absolute Gasteiger partial charge is 0.395 e. The normalized spacial score (nSPS) is 12.4. The van der Waals surface area contributed by atoms with E-state index in [1.165, 1.54) is 0 Å². The summed E-state index contributed by atoms with van der Waals surface area (Å²) in [6.45, 7) is 6.04. The van der Waals surface area contributed by atoms with E-state index in [1.807, 2.05) is 49.2 Å². The van der Waals surface area contributed by atoms with Crippen LogP contribution in [0.15, 0.2) is 30.3 Å². The molecule has 0 aliphatic rings. The first-order valence-electron chi connectivity index (χ1n) is 7.74. The summed E-state index contributed by atoms with van der Waals surface area (Å²) in [5.74, 6) is 0.0934. The molecule has 118 valence electrons. The van der Waals surface area contributed by atoms with Crippen molar-refractivity contribution in [2.24, 2.45) is 0 Å². The van der Waals surface area contributed by atoms with E-state index in [4.69, 9.17) is 5.11 Å². The van der Waals surface area contributed by atoms with Crippen LogP contribution in [0.5, 0.6) is 0 Å². The molecule has 0 aliphatic heterocycles. The van der Waals surface area contributed by atoms with Crippen molar-refractivity contribution >= 4 is 5.91 Å². The van der Waals surface area contributed by atoms with Crippen molar-refractivity contribution in [1.82, 2.24) is 9.80 Å². The molecule has 0 fully saturated rings. The third kappa shape index (κ3) is 5.86. The number of hydrogen-bond acceptors (Lipinski definition) is 3. The Kier molecular flexibility index (Phi) is 8.01. The van der Waals surface area contributed by atoms with Crippen molar-refractivity contribution in [3.8, 4) is 0 Å². The Bertz CT molecular complexity index is 409. The first-order chi connectivity index (χ1) is 10.1. The highest BCUT2D eigenvalue weighted by molar-refractivity contribution is 5.78. The summed E-state index contributed by atoms with van der Waals surface area (Å²) < 4.78 is 0. The number of likely N-dealkylation sites (N-methyl/N-ethyl adjacent to an activating group) is 1. The van der Waals surface area contributed by atoms with Crippen molar-refractivity contribution in [1.29, 1.82) is 0 Å². The zero-order chi connectivity index (χ0) is 15.7. The zero-order valence-electron chi connectivity index (χ0n) is 13.5. The average molecular weight is 292 g/mol. The molecule has 1 aromatic rings. The van der Waals surface area contributed by atoms with Crippen molar-refractivity contribution < 1.29 is 9.90 Å². The van der Waals surface area contributed by atoms with Crippen molar-refractivity contribution in [3.05, 3.63) is 35.9 Å². The average Bonchev–Trinajstić information content (AvgIpc) is 2.52. The molecule has 21 heavy (non-hydrogen) atoms. The molecule has 0 radical (unpaired) electrons. The van der Waals surface area contributed by atoms with Gasteiger partial charge in [0.1, 0.15) is 0 Å². The van der Waals surface area contributed by atoms with Gasteiger partial charge in [0.2, 0.25) is 5.91 Å². The molecule has 0 saturated heterocycles. The smallest absolute Gasteiger partial charge is 0.236 e. The predicted molar refractivity (Wildman–Crippen MR) is 86.1 cm³/mol. The van der Waals surface area contributed by atoms with E-state index in [-0.39, 0.29) is 18.6 Å². The minimum atomic E-state index is 0.0563. The van der Waals surface area contributed by atoms with Gasteiger partial charge in [-0.1, -0.05) is 43.7 Å². The second-order valence-electron chi connectivity index (χ2n) is 5.44. The third-order valence-corrected chi connectivity index (χ3v) is 3.86. The number of nitrogens with zero attached hydrogens (tertiary/aromatic N) is 2. The van der Waals surface area contributed by atoms with Gasteiger partial charge in [0.15, 0.2) is 0 Å². The second-order valence-corrected chi connectivity index (χ2v) is 5.44. The van der Waals surface area contributed by atoms with Crippen LogP contribution in [0, 0.1) is 0 Å². The van der Waals surface area contributed by atoms with Crippen molar-refractivity contribution in [2.75, 3.05) is 33.3 Å². The number of hydrogen-bond donors (Lipinski definition) is 1. The summed E-state index contributed by atoms with van der Waals surface area (Å²) in [5.41, 5.74) is 1.13. The number of amides is 1. The lowest BCUT2D eigenvalue weighted by Gasteiger charge is -2.28. The van der Waals surface area contributed by atoms with Gasteiger partial charge >= 0.3 is 0 Å². The molecule has 4 heteroatoms. The Morgan fingerprint density at radius 3 is 2.48 bits per heavy atom. The van der Waals surface area contributed by atoms with Crippen LogP contribution in [0.4, 0.5) is 0 Å². The molecule has 0 bridgehead atoms. The summed E-state index contributed by atoms with van der Waals surface area (Å²) >= 11 is 0. The Hall–Kier alpha value is -1.39. The minimum absolute atomic E-state index is 0.0563. The summed E-state index contributed by atoms with van der Waals surface area (Å²) in [6.07, 6.45) is 2.14. The van der Waals surface area contributed by atoms with E-state index < -0.39 is 0 Å². The van der Waals surface area contributed by atoms with Crippen LogP contribution < -0.4 is 0 Å². The molecule has 0 saturated carbocycles. The van der Waals surface area contributed by atoms with Gasteiger partial charge in [-0.3, -0.25) is 9.69 Å². The summed E-state index contributed by atoms with van der Waals surface area (Å²) in [6, 6.07) is 10.1. The molecule has 0 heterocycles. The molecule has 4 nitrogen and oxygen atoms in total. The van der Waals surface area contributed by atoms with Gasteiger partial charge in [-0.05, 0) is 25.5 Å². The molecule has 0 aliphatic carbocycles. The second kappa shape index (κ2) is 9.53. The molecule has 1 rings (SSSR count). The van der Waals surface area contributed by atoms with Crippen LogP contribution in [0.2, 0.25) is 0 Å². The fraction of sp³-hybridized carbons (Fsp3) is 0.588. The van der Waals surface area contributed by atoms with E-state index in [2.05, 4.69) is 6.92 Å². The van der Waals surface area contributed by atoms with Gasteiger partial charge < -0.3 is 10.0 Å². The lowest BCUT2D eigenvalue weighted by Crippen LogP contribution is -2.41. The van der Waals surface area contributed by atoms with Crippen LogP contribution in [-0.2, 0) is 4.79 Å². The van der Waals surface area contributed by atoms with Crippen LogP contribution in [0.25, 0.3) is 0 Å². The SMILES string of the molecule is CCCCN(CCO)CC(=O)N(C)C(C)c1ccccc1. The Morgan fingerprint density at radius 1 is 1.24 bits per heavy atom. The number of carbonyl (C=O) groups is 1. The highest BCUT2D eigenvalue weighted by Crippen LogP contribution is 2.18. The maximum atomic E-state index is 12.4. The number of carbonyl (C=O) groups excluding carboxylic acids is 1. The van der Waals surface area contributed by atoms with E-state index >= 15 is 0 Å². The van der Waals surface area contributed by atoms with Crippen molar-refractivity contribution in [2.45, 2.75) is 32.7 Å². The molecular formula is C17H28N2O2. The number of rotatable bonds is 9. The topological polar surface area (TPSA) is 43.8 Å². The Labute approximate surface area is 128 Å². The zero-order valence-corrected chi connectivity index (χ0v) is 13.5. The fourth-order valence-corrected chi connectivity index (χ4v) is 2.27. The van der Waals surface area contributed by atoms with Gasteiger partial charge in [-0.25, -0.2) is 0 Å². The summed E-state index contributed by atoms with van der Waals surface area (Å²) in [4.78, 5) is 16.2. The lowest BCUT2D eigenvalue weighted by molar-refractivity contribution is -0.133. The van der Waals surface area contributed by atoms with Gasteiger partial charge in [0.25, 0.3) is 0 Å². The molecule has 1 unspecified atom stereocenters. The highest BCUT2D eigenvalue weighted by atomic mass is 16.3. The summed E-state index contributed by atoms with van der Waals surface area (Å²) in [7, 11) is 1.84. The third-order valence-electron chi connectivity index (χ3n) is 3.86. The Morgan fingerprint density at radius 2 is 1.90 bits per heavy atom. The maximum absolute atomic E-state index is 12.4. The number of unbranched alkanes of at least 4 members (excludes halogenated alkanes) is 1. The molecule has 1 N–H and O–H groups in total. The Balaban J connectivity index is 2.59. The van der Waals surface area contributed by atoms with E-state index in [1.54, 1.807) is 4.90 Å². The van der Waals surface area contributed by atoms with Crippen LogP contribution in [0.1, 0.15) is 38.3 Å². The minimum Gasteiger partial charge on any atom is -0.395 e. The van der Waals surface area contributed by atoms with E-state index in [0.717, 1.165) is 24.9 Å². The molecule has 1 aromatic carbocycles. The molecule has 1 amide bonds. The van der Waals surface area contributed by atoms with Crippen LogP contribution in [0.3, 0.4) is 0 Å².